The van der Waals surface area contributed by atoms with Crippen molar-refractivity contribution in [3.8, 4) is 0 Å². The zero-order chi connectivity index (χ0) is 13.2. The van der Waals surface area contributed by atoms with E-state index in [0.717, 1.165) is 0 Å². The summed E-state index contributed by atoms with van der Waals surface area (Å²) in [6.45, 7) is 0. The number of hydrogen-bond donors (Lipinski definition) is 3. The van der Waals surface area contributed by atoms with Gasteiger partial charge in [-0.3, -0.25) is 9.89 Å². The highest BCUT2D eigenvalue weighted by Gasteiger charge is 2.09. The van der Waals surface area contributed by atoms with Gasteiger partial charge in [-0.2, -0.15) is 5.10 Å². The van der Waals surface area contributed by atoms with Crippen LogP contribution in [0.1, 0.15) is 10.4 Å². The van der Waals surface area contributed by atoms with Gasteiger partial charge in [-0.25, -0.2) is 13.6 Å². The number of rotatable bonds is 3. The molecule has 4 N–H and O–H groups in total. The van der Waals surface area contributed by atoms with Gasteiger partial charge in [0.05, 0.1) is 16.7 Å². The lowest BCUT2D eigenvalue weighted by atomic mass is 10.3. The molecule has 0 atom stereocenters. The molecule has 1 aromatic carbocycles. The van der Waals surface area contributed by atoms with Crippen molar-refractivity contribution in [2.75, 3.05) is 5.32 Å². The number of carbonyl (C=O) groups excluding carboxylic acids is 1. The van der Waals surface area contributed by atoms with Gasteiger partial charge >= 0.3 is 0 Å². The number of nitrogens with two attached hydrogens (primary N) is 1. The molecule has 0 saturated carbocycles. The number of H-pyrrole nitrogens is 1. The Kier molecular flexibility index (Phi) is 3.13. The van der Waals surface area contributed by atoms with Crippen molar-refractivity contribution in [2.24, 2.45) is 5.14 Å². The molecule has 0 spiro atoms. The molecule has 0 aliphatic heterocycles. The Morgan fingerprint density at radius 3 is 2.44 bits per heavy atom. The van der Waals surface area contributed by atoms with Crippen LogP contribution in [0.3, 0.4) is 0 Å². The number of nitrogens with one attached hydrogen (secondary N) is 2. The van der Waals surface area contributed by atoms with Crippen molar-refractivity contribution in [3.05, 3.63) is 42.2 Å². The van der Waals surface area contributed by atoms with E-state index in [1.807, 2.05) is 0 Å². The molecule has 94 valence electrons. The quantitative estimate of drug-likeness (QED) is 0.740. The average molecular weight is 266 g/mol. The van der Waals surface area contributed by atoms with E-state index in [1.165, 1.54) is 36.7 Å². The summed E-state index contributed by atoms with van der Waals surface area (Å²) in [6.07, 6.45) is 2.84. The molecule has 0 aliphatic rings. The van der Waals surface area contributed by atoms with E-state index in [0.29, 0.717) is 11.3 Å². The first-order valence-electron chi connectivity index (χ1n) is 4.90. The minimum atomic E-state index is -3.72. The molecule has 1 amide bonds. The van der Waals surface area contributed by atoms with Crippen LogP contribution in [0.5, 0.6) is 0 Å². The molecule has 2 aromatic rings. The number of primary sulfonamides is 1. The van der Waals surface area contributed by atoms with Crippen LogP contribution in [0, 0.1) is 0 Å². The second-order valence-electron chi connectivity index (χ2n) is 3.51. The molecular formula is C10H10N4O3S. The zero-order valence-electron chi connectivity index (χ0n) is 9.12. The third kappa shape index (κ3) is 2.73. The van der Waals surface area contributed by atoms with Crippen molar-refractivity contribution >= 4 is 21.6 Å². The predicted octanol–water partition coefficient (Wildman–Crippen LogP) is 0.309. The van der Waals surface area contributed by atoms with Crippen LogP contribution in [-0.2, 0) is 10.0 Å². The lowest BCUT2D eigenvalue weighted by Gasteiger charge is -2.04. The number of aromatic amines is 1. The number of sulfonamides is 1. The van der Waals surface area contributed by atoms with Gasteiger partial charge in [0.15, 0.2) is 0 Å². The van der Waals surface area contributed by atoms with Gasteiger partial charge in [-0.05, 0) is 24.3 Å². The predicted molar refractivity (Wildman–Crippen MR) is 64.4 cm³/mol. The van der Waals surface area contributed by atoms with E-state index in [1.54, 1.807) is 0 Å². The highest BCUT2D eigenvalue weighted by Crippen LogP contribution is 2.13. The van der Waals surface area contributed by atoms with Crippen molar-refractivity contribution < 1.29 is 13.2 Å². The van der Waals surface area contributed by atoms with Gasteiger partial charge in [0, 0.05) is 11.9 Å². The third-order valence-electron chi connectivity index (χ3n) is 2.20. The summed E-state index contributed by atoms with van der Waals surface area (Å²) < 4.78 is 22.1. The van der Waals surface area contributed by atoms with Gasteiger partial charge in [0.25, 0.3) is 5.91 Å². The number of aromatic nitrogens is 2. The van der Waals surface area contributed by atoms with E-state index in [9.17, 15) is 13.2 Å². The number of benzene rings is 1. The standard InChI is InChI=1S/C10H10N4O3S/c11-18(16,17)9-3-1-8(2-4-9)14-10(15)7-5-12-13-6-7/h1-6H,(H,12,13)(H,14,15)(H2,11,16,17). The van der Waals surface area contributed by atoms with E-state index in [4.69, 9.17) is 5.14 Å². The molecule has 0 unspecified atom stereocenters. The summed E-state index contributed by atoms with van der Waals surface area (Å²) >= 11 is 0. The van der Waals surface area contributed by atoms with E-state index in [-0.39, 0.29) is 10.8 Å². The van der Waals surface area contributed by atoms with Crippen molar-refractivity contribution in [3.63, 3.8) is 0 Å². The summed E-state index contributed by atoms with van der Waals surface area (Å²) in [5.74, 6) is -0.341. The number of anilines is 1. The first-order valence-corrected chi connectivity index (χ1v) is 6.44. The number of carbonyl (C=O) groups is 1. The molecule has 1 aromatic heterocycles. The van der Waals surface area contributed by atoms with Gasteiger partial charge in [-0.15, -0.1) is 0 Å². The van der Waals surface area contributed by atoms with Crippen LogP contribution in [-0.4, -0.2) is 24.5 Å². The largest absolute Gasteiger partial charge is 0.322 e. The lowest BCUT2D eigenvalue weighted by molar-refractivity contribution is 0.102. The average Bonchev–Trinajstić information content (AvgIpc) is 2.82. The van der Waals surface area contributed by atoms with Crippen LogP contribution in [0.2, 0.25) is 0 Å². The SMILES string of the molecule is NS(=O)(=O)c1ccc(NC(=O)c2cn[nH]c2)cc1. The smallest absolute Gasteiger partial charge is 0.258 e. The monoisotopic (exact) mass is 266 g/mol. The van der Waals surface area contributed by atoms with Crippen molar-refractivity contribution in [2.45, 2.75) is 4.90 Å². The molecule has 1 heterocycles. The molecule has 0 fully saturated rings. The normalized spacial score (nSPS) is 11.2. The molecule has 0 saturated heterocycles. The Balaban J connectivity index is 2.14. The highest BCUT2D eigenvalue weighted by atomic mass is 32.2. The topological polar surface area (TPSA) is 118 Å². The number of hydrogen-bond acceptors (Lipinski definition) is 4. The van der Waals surface area contributed by atoms with Crippen molar-refractivity contribution in [1.29, 1.82) is 0 Å². The second kappa shape index (κ2) is 4.59. The molecular weight excluding hydrogens is 256 g/mol. The molecule has 0 bridgehead atoms. The second-order valence-corrected chi connectivity index (χ2v) is 5.07. The molecule has 2 rings (SSSR count). The number of nitrogens with zero attached hydrogens (tertiary/aromatic N) is 1. The van der Waals surface area contributed by atoms with Gasteiger partial charge < -0.3 is 5.32 Å². The fourth-order valence-electron chi connectivity index (χ4n) is 1.31. The summed E-state index contributed by atoms with van der Waals surface area (Å²) in [5.41, 5.74) is 0.846. The fraction of sp³-hybridized carbons (Fsp3) is 0. The maximum absolute atomic E-state index is 11.6. The van der Waals surface area contributed by atoms with Crippen LogP contribution in [0.4, 0.5) is 5.69 Å². The van der Waals surface area contributed by atoms with Gasteiger partial charge in [0.1, 0.15) is 0 Å². The van der Waals surface area contributed by atoms with Crippen LogP contribution in [0.15, 0.2) is 41.6 Å². The molecule has 7 nitrogen and oxygen atoms in total. The molecule has 0 radical (unpaired) electrons. The van der Waals surface area contributed by atoms with Crippen molar-refractivity contribution in [1.82, 2.24) is 10.2 Å². The summed E-state index contributed by atoms with van der Waals surface area (Å²) in [5, 5.41) is 13.7. The minimum Gasteiger partial charge on any atom is -0.322 e. The Morgan fingerprint density at radius 2 is 1.94 bits per heavy atom. The minimum absolute atomic E-state index is 0.0104. The van der Waals surface area contributed by atoms with Gasteiger partial charge in [0.2, 0.25) is 10.0 Å². The molecule has 8 heteroatoms. The van der Waals surface area contributed by atoms with Crippen LogP contribution in [0.25, 0.3) is 0 Å². The van der Waals surface area contributed by atoms with E-state index < -0.39 is 10.0 Å². The summed E-state index contributed by atoms with van der Waals surface area (Å²) in [6, 6.07) is 5.55. The first kappa shape index (κ1) is 12.3. The maximum atomic E-state index is 11.6. The zero-order valence-corrected chi connectivity index (χ0v) is 9.94. The Hall–Kier alpha value is -2.19. The van der Waals surface area contributed by atoms with Crippen LogP contribution >= 0.6 is 0 Å². The number of amides is 1. The molecule has 18 heavy (non-hydrogen) atoms. The molecule has 0 aliphatic carbocycles. The fourth-order valence-corrected chi connectivity index (χ4v) is 1.82. The van der Waals surface area contributed by atoms with Gasteiger partial charge in [-0.1, -0.05) is 0 Å². The van der Waals surface area contributed by atoms with E-state index in [2.05, 4.69) is 15.5 Å². The first-order chi connectivity index (χ1) is 8.47. The third-order valence-corrected chi connectivity index (χ3v) is 3.13. The van der Waals surface area contributed by atoms with Crippen LogP contribution < -0.4 is 10.5 Å². The van der Waals surface area contributed by atoms with E-state index >= 15 is 0 Å². The summed E-state index contributed by atoms with van der Waals surface area (Å²) in [7, 11) is -3.72. The maximum Gasteiger partial charge on any atom is 0.258 e. The Labute approximate surface area is 103 Å². The highest BCUT2D eigenvalue weighted by molar-refractivity contribution is 7.89. The Morgan fingerprint density at radius 1 is 1.28 bits per heavy atom. The Bertz CT molecular complexity index is 647. The summed E-state index contributed by atoms with van der Waals surface area (Å²) in [4.78, 5) is 11.6. The lowest BCUT2D eigenvalue weighted by Crippen LogP contribution is -2.13.